The van der Waals surface area contributed by atoms with Crippen LogP contribution in [-0.4, -0.2) is 0 Å². The molecule has 55 heavy (non-hydrogen) atoms. The summed E-state index contributed by atoms with van der Waals surface area (Å²) in [5.74, 6) is 0. The van der Waals surface area contributed by atoms with E-state index in [2.05, 4.69) is 199 Å². The first-order valence-electron chi connectivity index (χ1n) is 18.9. The fraction of sp³-hybridized carbons (Fsp3) is 0.0189. The van der Waals surface area contributed by atoms with Gasteiger partial charge in [0, 0.05) is 22.1 Å². The maximum Gasteiger partial charge on any atom is 0.0726 e. The van der Waals surface area contributed by atoms with Gasteiger partial charge in [-0.05, 0) is 126 Å². The second kappa shape index (κ2) is 12.5. The van der Waals surface area contributed by atoms with E-state index in [-0.39, 0.29) is 0 Å². The smallest absolute Gasteiger partial charge is 0.0726 e. The van der Waals surface area contributed by atoms with Crippen molar-refractivity contribution < 1.29 is 0 Å². The Morgan fingerprint density at radius 3 is 1.25 bits per heavy atom. The van der Waals surface area contributed by atoms with Crippen molar-refractivity contribution in [3.8, 4) is 44.5 Å². The molecule has 9 aromatic carbocycles. The van der Waals surface area contributed by atoms with Gasteiger partial charge in [-0.25, -0.2) is 0 Å². The lowest BCUT2D eigenvalue weighted by atomic mass is 9.70. The summed E-state index contributed by atoms with van der Waals surface area (Å²) in [4.78, 5) is 2.40. The third-order valence-electron chi connectivity index (χ3n) is 11.8. The molecule has 0 saturated carbocycles. The van der Waals surface area contributed by atoms with E-state index in [0.717, 1.165) is 27.6 Å². The Kier molecular flexibility index (Phi) is 7.20. The van der Waals surface area contributed by atoms with Crippen LogP contribution in [-0.2, 0) is 5.41 Å². The van der Waals surface area contributed by atoms with Crippen molar-refractivity contribution in [3.05, 3.63) is 234 Å². The molecule has 9 aromatic rings. The minimum atomic E-state index is -0.402. The van der Waals surface area contributed by atoms with Gasteiger partial charge in [-0.1, -0.05) is 169 Å². The number of hydrogen-bond acceptors (Lipinski definition) is 1. The summed E-state index contributed by atoms with van der Waals surface area (Å²) < 4.78 is 0. The van der Waals surface area contributed by atoms with Gasteiger partial charge in [-0.3, -0.25) is 0 Å². The van der Waals surface area contributed by atoms with Gasteiger partial charge >= 0.3 is 0 Å². The zero-order valence-corrected chi connectivity index (χ0v) is 30.7. The molecule has 0 N–H and O–H groups in total. The molecule has 0 atom stereocenters. The molecule has 0 radical (unpaired) electrons. The summed E-state index contributed by atoms with van der Waals surface area (Å²) in [6.07, 6.45) is 0. The van der Waals surface area contributed by atoms with Crippen LogP contribution in [0, 0.1) is 0 Å². The SMILES string of the molecule is Clc1ccc(-c2ccc(-c3ccc(N(c4ccccc4)c4ccc5c(c4)C4(c6ccccc6-c6ccccc64)c4ccccc4-5)cc3)c3ccccc23)cc1. The predicted molar refractivity (Wildman–Crippen MR) is 231 cm³/mol. The fourth-order valence-corrected chi connectivity index (χ4v) is 9.59. The number of fused-ring (bicyclic) bond motifs is 11. The molecule has 0 saturated heterocycles. The summed E-state index contributed by atoms with van der Waals surface area (Å²) in [6, 6.07) is 75.2. The van der Waals surface area contributed by atoms with Crippen LogP contribution < -0.4 is 4.90 Å². The number of benzene rings is 9. The second-order valence-corrected chi connectivity index (χ2v) is 15.0. The van der Waals surface area contributed by atoms with Crippen molar-refractivity contribution in [2.45, 2.75) is 5.41 Å². The first-order chi connectivity index (χ1) is 27.2. The average molecular weight is 720 g/mol. The summed E-state index contributed by atoms with van der Waals surface area (Å²) >= 11 is 6.24. The first kappa shape index (κ1) is 31.8. The number of para-hydroxylation sites is 1. The van der Waals surface area contributed by atoms with Gasteiger partial charge in [0.05, 0.1) is 5.41 Å². The van der Waals surface area contributed by atoms with Crippen molar-refractivity contribution in [2.75, 3.05) is 4.90 Å². The predicted octanol–water partition coefficient (Wildman–Crippen LogP) is 14.6. The maximum absolute atomic E-state index is 6.24. The Hall–Kier alpha value is -6.67. The molecular formula is C53H34ClN. The van der Waals surface area contributed by atoms with E-state index in [1.165, 1.54) is 72.0 Å². The molecule has 11 rings (SSSR count). The highest BCUT2D eigenvalue weighted by Gasteiger charge is 2.51. The van der Waals surface area contributed by atoms with Crippen LogP contribution in [0.3, 0.4) is 0 Å². The summed E-state index contributed by atoms with van der Waals surface area (Å²) in [5.41, 5.74) is 18.3. The van der Waals surface area contributed by atoms with Crippen molar-refractivity contribution in [3.63, 3.8) is 0 Å². The molecule has 258 valence electrons. The molecule has 0 aromatic heterocycles. The van der Waals surface area contributed by atoms with E-state index in [1.807, 2.05) is 12.1 Å². The minimum absolute atomic E-state index is 0.402. The molecule has 2 heteroatoms. The summed E-state index contributed by atoms with van der Waals surface area (Å²) in [6.45, 7) is 0. The Labute approximate surface area is 326 Å². The van der Waals surface area contributed by atoms with Crippen LogP contribution >= 0.6 is 11.6 Å². The first-order valence-corrected chi connectivity index (χ1v) is 19.2. The number of nitrogens with zero attached hydrogens (tertiary/aromatic N) is 1. The third-order valence-corrected chi connectivity index (χ3v) is 12.0. The van der Waals surface area contributed by atoms with Crippen LogP contribution in [0.25, 0.3) is 55.3 Å². The van der Waals surface area contributed by atoms with Crippen molar-refractivity contribution in [1.29, 1.82) is 0 Å². The lowest BCUT2D eigenvalue weighted by Crippen LogP contribution is -2.26. The Balaban J connectivity index is 1.06. The quantitative estimate of drug-likeness (QED) is 0.171. The lowest BCUT2D eigenvalue weighted by molar-refractivity contribution is 0.793. The standard InChI is InChI=1S/C53H34ClN/c54-37-26-22-35(23-27-37)41-32-33-42(44-15-5-4-14-43(41)44)36-24-28-39(29-25-36)55(38-12-2-1-3-13-38)40-30-31-48-47-18-8-11-21-51(47)53(52(48)34-40)49-19-9-6-16-45(49)46-17-7-10-20-50(46)53/h1-34H. The number of rotatable bonds is 5. The minimum Gasteiger partial charge on any atom is -0.310 e. The Morgan fingerprint density at radius 2 is 0.709 bits per heavy atom. The molecule has 0 fully saturated rings. The summed E-state index contributed by atoms with van der Waals surface area (Å²) in [5, 5.41) is 3.19. The molecule has 0 aliphatic heterocycles. The average Bonchev–Trinajstić information content (AvgIpc) is 3.72. The maximum atomic E-state index is 6.24. The molecule has 1 spiro atoms. The summed E-state index contributed by atoms with van der Waals surface area (Å²) in [7, 11) is 0. The molecule has 0 amide bonds. The number of halogens is 1. The van der Waals surface area contributed by atoms with Gasteiger partial charge in [0.2, 0.25) is 0 Å². The van der Waals surface area contributed by atoms with Gasteiger partial charge in [0.1, 0.15) is 0 Å². The van der Waals surface area contributed by atoms with Gasteiger partial charge in [0.15, 0.2) is 0 Å². The van der Waals surface area contributed by atoms with E-state index >= 15 is 0 Å². The molecule has 2 aliphatic carbocycles. The molecular weight excluding hydrogens is 686 g/mol. The Morgan fingerprint density at radius 1 is 0.309 bits per heavy atom. The van der Waals surface area contributed by atoms with Crippen LogP contribution in [0.2, 0.25) is 5.02 Å². The monoisotopic (exact) mass is 719 g/mol. The van der Waals surface area contributed by atoms with Crippen LogP contribution in [0.4, 0.5) is 17.1 Å². The molecule has 1 nitrogen and oxygen atoms in total. The second-order valence-electron chi connectivity index (χ2n) is 14.5. The Bertz CT molecular complexity index is 2860. The highest BCUT2D eigenvalue weighted by Crippen LogP contribution is 2.63. The van der Waals surface area contributed by atoms with Crippen molar-refractivity contribution in [2.24, 2.45) is 0 Å². The lowest BCUT2D eigenvalue weighted by Gasteiger charge is -2.32. The third kappa shape index (κ3) is 4.73. The normalized spacial score (nSPS) is 13.0. The van der Waals surface area contributed by atoms with Crippen LogP contribution in [0.5, 0.6) is 0 Å². The van der Waals surface area contributed by atoms with E-state index in [4.69, 9.17) is 11.6 Å². The van der Waals surface area contributed by atoms with Gasteiger partial charge in [-0.2, -0.15) is 0 Å². The molecule has 0 heterocycles. The van der Waals surface area contributed by atoms with E-state index in [9.17, 15) is 0 Å². The highest BCUT2D eigenvalue weighted by atomic mass is 35.5. The van der Waals surface area contributed by atoms with E-state index < -0.39 is 5.41 Å². The highest BCUT2D eigenvalue weighted by molar-refractivity contribution is 6.30. The number of hydrogen-bond donors (Lipinski definition) is 0. The van der Waals surface area contributed by atoms with Gasteiger partial charge in [0.25, 0.3) is 0 Å². The van der Waals surface area contributed by atoms with Crippen molar-refractivity contribution in [1.82, 2.24) is 0 Å². The zero-order valence-electron chi connectivity index (χ0n) is 30.0. The topological polar surface area (TPSA) is 3.24 Å². The van der Waals surface area contributed by atoms with Crippen LogP contribution in [0.1, 0.15) is 22.3 Å². The molecule has 2 aliphatic rings. The number of anilines is 3. The largest absolute Gasteiger partial charge is 0.310 e. The fourth-order valence-electron chi connectivity index (χ4n) is 9.47. The van der Waals surface area contributed by atoms with Gasteiger partial charge < -0.3 is 4.90 Å². The van der Waals surface area contributed by atoms with E-state index in [0.29, 0.717) is 0 Å². The zero-order chi connectivity index (χ0) is 36.5. The molecule has 0 bridgehead atoms. The van der Waals surface area contributed by atoms with Crippen LogP contribution in [0.15, 0.2) is 206 Å². The molecule has 0 unspecified atom stereocenters. The van der Waals surface area contributed by atoms with E-state index in [1.54, 1.807) is 0 Å². The van der Waals surface area contributed by atoms with Gasteiger partial charge in [-0.15, -0.1) is 0 Å². The van der Waals surface area contributed by atoms with Crippen molar-refractivity contribution >= 4 is 39.4 Å².